The zero-order valence-electron chi connectivity index (χ0n) is 5.72. The molecule has 4 heteroatoms. The fourth-order valence-electron chi connectivity index (χ4n) is 0. The van der Waals surface area contributed by atoms with Gasteiger partial charge in [-0.25, -0.2) is 0 Å². The largest absolute Gasteiger partial charge is 1.00 e. The van der Waals surface area contributed by atoms with E-state index >= 15 is 0 Å². The first kappa shape index (κ1) is 12.4. The number of hydrogen-bond acceptors (Lipinski definition) is 2. The molecule has 0 aliphatic carbocycles. The second-order valence-corrected chi connectivity index (χ2v) is 4.04. The molecule has 0 aliphatic rings. The Balaban J connectivity index is 0. The molecule has 0 N–H and O–H groups in total. The van der Waals surface area contributed by atoms with Crippen molar-refractivity contribution in [3.05, 3.63) is 0 Å². The molecule has 0 radical (unpaired) electrons. The molecular weight excluding hydrogens is 151 g/mol. The van der Waals surface area contributed by atoms with Crippen LogP contribution >= 0.6 is 0 Å². The summed E-state index contributed by atoms with van der Waals surface area (Å²) in [5.41, 5.74) is 0. The van der Waals surface area contributed by atoms with Crippen molar-refractivity contribution < 1.29 is 60.1 Å². The number of hydrogen-bond donors (Lipinski definition) is 0. The van der Waals surface area contributed by atoms with Gasteiger partial charge in [0.25, 0.3) is 0 Å². The zero-order valence-corrected chi connectivity index (χ0v) is 9.66. The van der Waals surface area contributed by atoms with Gasteiger partial charge in [0.2, 0.25) is 0 Å². The van der Waals surface area contributed by atoms with Crippen LogP contribution in [0.15, 0.2) is 0 Å². The Kier molecular flexibility index (Phi) is 7.06. The van der Waals surface area contributed by atoms with E-state index in [1.165, 1.54) is 0 Å². The van der Waals surface area contributed by atoms with E-state index in [2.05, 4.69) is 0 Å². The van der Waals surface area contributed by atoms with Crippen LogP contribution in [0.2, 0.25) is 0 Å². The van der Waals surface area contributed by atoms with Crippen LogP contribution in [0.3, 0.4) is 0 Å². The van der Waals surface area contributed by atoms with Crippen molar-refractivity contribution in [1.82, 2.24) is 0 Å². The Bertz CT molecular complexity index is 86.5. The quantitative estimate of drug-likeness (QED) is 0.294. The second-order valence-electron chi connectivity index (χ2n) is 2.35. The molecule has 0 bridgehead atoms. The molecule has 0 spiro atoms. The van der Waals surface area contributed by atoms with Crippen LogP contribution in [0, 0.1) is 0 Å². The van der Waals surface area contributed by atoms with Crippen molar-refractivity contribution >= 4 is 11.1 Å². The zero-order chi connectivity index (χ0) is 6.08. The van der Waals surface area contributed by atoms with E-state index in [0.29, 0.717) is 0 Å². The van der Waals surface area contributed by atoms with Crippen molar-refractivity contribution in [2.45, 2.75) is 25.5 Å². The maximum absolute atomic E-state index is 10.0. The average Bonchev–Trinajstić information content (AvgIpc) is 1.31. The van der Waals surface area contributed by atoms with Gasteiger partial charge in [-0.2, -0.15) is 0 Å². The summed E-state index contributed by atoms with van der Waals surface area (Å²) in [6, 6.07) is 0. The van der Waals surface area contributed by atoms with E-state index < -0.39 is 15.8 Å². The van der Waals surface area contributed by atoms with Crippen molar-refractivity contribution in [1.29, 1.82) is 0 Å². The summed E-state index contributed by atoms with van der Waals surface area (Å²) in [6.45, 7) is 4.95. The van der Waals surface area contributed by atoms with Gasteiger partial charge >= 0.3 is 51.4 Å². The van der Waals surface area contributed by atoms with E-state index in [-0.39, 0.29) is 51.4 Å². The molecule has 2 nitrogen and oxygen atoms in total. The van der Waals surface area contributed by atoms with E-state index in [0.717, 1.165) is 0 Å². The Hall–Kier alpha value is 1.75. The van der Waals surface area contributed by atoms with Crippen molar-refractivity contribution in [3.8, 4) is 0 Å². The summed E-state index contributed by atoms with van der Waals surface area (Å²) in [6.07, 6.45) is 0. The minimum Gasteiger partial charge on any atom is -0.772 e. The van der Waals surface area contributed by atoms with Crippen molar-refractivity contribution in [3.63, 3.8) is 0 Å². The Morgan fingerprint density at radius 3 is 1.50 bits per heavy atom. The van der Waals surface area contributed by atoms with Crippen LogP contribution in [0.1, 0.15) is 20.8 Å². The smallest absolute Gasteiger partial charge is 0.772 e. The predicted octanol–water partition coefficient (Wildman–Crippen LogP) is -2.33. The summed E-state index contributed by atoms with van der Waals surface area (Å²) in [5, 5.41) is 0. The third kappa shape index (κ3) is 5.88. The topological polar surface area (TPSA) is 40.1 Å². The monoisotopic (exact) mass is 160 g/mol. The van der Waals surface area contributed by atoms with Crippen LogP contribution in [0.5, 0.6) is 0 Å². The van der Waals surface area contributed by atoms with E-state index in [1.807, 2.05) is 0 Å². The summed E-state index contributed by atoms with van der Waals surface area (Å²) < 4.78 is 19.5. The third-order valence-corrected chi connectivity index (χ3v) is 1.50. The molecule has 0 aromatic heterocycles. The maximum atomic E-state index is 10.0. The van der Waals surface area contributed by atoms with E-state index in [1.54, 1.807) is 20.8 Å². The molecule has 0 aliphatic heterocycles. The molecule has 0 fully saturated rings. The van der Waals surface area contributed by atoms with Gasteiger partial charge in [-0.15, -0.1) is 0 Å². The van der Waals surface area contributed by atoms with E-state index in [4.69, 9.17) is 0 Å². The Morgan fingerprint density at radius 1 is 1.38 bits per heavy atom. The van der Waals surface area contributed by atoms with Crippen LogP contribution in [-0.2, 0) is 11.1 Å². The van der Waals surface area contributed by atoms with Gasteiger partial charge in [0.1, 0.15) is 0 Å². The molecule has 0 saturated carbocycles. The maximum Gasteiger partial charge on any atom is 1.00 e. The third-order valence-electron chi connectivity index (χ3n) is 0.500. The summed E-state index contributed by atoms with van der Waals surface area (Å²) >= 11 is -1.93. The second kappa shape index (κ2) is 4.54. The van der Waals surface area contributed by atoms with Gasteiger partial charge in [-0.3, -0.25) is 4.21 Å². The molecule has 0 amide bonds. The first-order valence-electron chi connectivity index (χ1n) is 2.04. The standard InChI is InChI=1S/C4H10O2S.K/c1-4(2,3)7(5)6;/h1-3H3,(H,5,6);/q;+1/p-1. The molecule has 8 heavy (non-hydrogen) atoms. The predicted molar refractivity (Wildman–Crippen MR) is 28.7 cm³/mol. The molecule has 44 valence electrons. The molecule has 0 aromatic rings. The van der Waals surface area contributed by atoms with Gasteiger partial charge in [-0.1, -0.05) is 0 Å². The minimum atomic E-state index is -1.93. The van der Waals surface area contributed by atoms with Crippen LogP contribution in [-0.4, -0.2) is 13.5 Å². The molecule has 0 rings (SSSR count). The van der Waals surface area contributed by atoms with Gasteiger partial charge < -0.3 is 4.55 Å². The molecule has 1 unspecified atom stereocenters. The van der Waals surface area contributed by atoms with Gasteiger partial charge in [0, 0.05) is 4.75 Å². The first-order chi connectivity index (χ1) is 2.94. The van der Waals surface area contributed by atoms with Crippen molar-refractivity contribution in [2.24, 2.45) is 0 Å². The van der Waals surface area contributed by atoms with Gasteiger partial charge in [-0.05, 0) is 31.9 Å². The fourth-order valence-corrected chi connectivity index (χ4v) is 0. The Labute approximate surface area is 95.1 Å². The molecule has 0 aromatic carbocycles. The van der Waals surface area contributed by atoms with E-state index in [9.17, 15) is 8.76 Å². The van der Waals surface area contributed by atoms with Gasteiger partial charge in [0.05, 0.1) is 0 Å². The minimum absolute atomic E-state index is 0. The summed E-state index contributed by atoms with van der Waals surface area (Å²) in [7, 11) is 0. The molecule has 1 atom stereocenters. The molecule has 0 heterocycles. The molecule has 0 saturated heterocycles. The summed E-state index contributed by atoms with van der Waals surface area (Å²) in [4.78, 5) is 0. The first-order valence-corrected chi connectivity index (χ1v) is 3.11. The van der Waals surface area contributed by atoms with Crippen molar-refractivity contribution in [2.75, 3.05) is 0 Å². The fraction of sp³-hybridized carbons (Fsp3) is 1.00. The normalized spacial score (nSPS) is 14.5. The van der Waals surface area contributed by atoms with Gasteiger partial charge in [0.15, 0.2) is 0 Å². The number of rotatable bonds is 0. The van der Waals surface area contributed by atoms with Crippen LogP contribution < -0.4 is 51.4 Å². The molecular formula is C4H9KO2S. The average molecular weight is 160 g/mol. The van der Waals surface area contributed by atoms with Crippen LogP contribution in [0.4, 0.5) is 0 Å². The van der Waals surface area contributed by atoms with Crippen LogP contribution in [0.25, 0.3) is 0 Å². The summed E-state index contributed by atoms with van der Waals surface area (Å²) in [5.74, 6) is 0. The SMILES string of the molecule is CC(C)(C)S(=O)[O-].[K+]. The Morgan fingerprint density at radius 2 is 1.50 bits per heavy atom.